The van der Waals surface area contributed by atoms with Crippen molar-refractivity contribution in [2.45, 2.75) is 30.9 Å². The summed E-state index contributed by atoms with van der Waals surface area (Å²) in [6, 6.07) is 6.21. The molecule has 1 fully saturated rings. The molecule has 88 valence electrons. The van der Waals surface area contributed by atoms with Gasteiger partial charge in [0.2, 0.25) is 0 Å². The van der Waals surface area contributed by atoms with E-state index in [2.05, 4.69) is 30.6 Å². The third kappa shape index (κ3) is 2.29. The molecule has 0 radical (unpaired) electrons. The first-order valence-electron chi connectivity index (χ1n) is 5.80. The minimum atomic E-state index is 0.456. The number of nitrogens with one attached hydrogen (secondary N) is 1. The zero-order valence-corrected chi connectivity index (χ0v) is 10.9. The molecule has 0 aliphatic heterocycles. The Hall–Kier alpha value is -0.830. The van der Waals surface area contributed by atoms with Crippen molar-refractivity contribution < 1.29 is 0 Å². The van der Waals surface area contributed by atoms with Crippen LogP contribution in [0.15, 0.2) is 18.2 Å². The molecule has 0 spiro atoms. The van der Waals surface area contributed by atoms with Crippen LogP contribution < -0.4 is 11.1 Å². The summed E-state index contributed by atoms with van der Waals surface area (Å²) < 4.78 is 0.456. The third-order valence-corrected chi connectivity index (χ3v) is 4.92. The highest BCUT2D eigenvalue weighted by Crippen LogP contribution is 2.42. The van der Waals surface area contributed by atoms with Gasteiger partial charge in [-0.05, 0) is 43.7 Å². The van der Waals surface area contributed by atoms with Crippen LogP contribution in [0.3, 0.4) is 0 Å². The van der Waals surface area contributed by atoms with Gasteiger partial charge in [0.1, 0.15) is 0 Å². The second kappa shape index (κ2) is 4.58. The first-order valence-corrected chi connectivity index (χ1v) is 7.03. The fourth-order valence-corrected chi connectivity index (χ4v) is 3.04. The van der Waals surface area contributed by atoms with E-state index in [0.717, 1.165) is 17.9 Å². The Morgan fingerprint density at radius 3 is 2.69 bits per heavy atom. The summed E-state index contributed by atoms with van der Waals surface area (Å²) in [6.45, 7) is 3.09. The molecule has 0 saturated heterocycles. The van der Waals surface area contributed by atoms with Crippen molar-refractivity contribution in [3.63, 3.8) is 0 Å². The summed E-state index contributed by atoms with van der Waals surface area (Å²) in [6.07, 6.45) is 6.23. The number of nitrogens with two attached hydrogens (primary N) is 1. The molecule has 2 nitrogen and oxygen atoms in total. The van der Waals surface area contributed by atoms with E-state index in [0.29, 0.717) is 4.75 Å². The lowest BCUT2D eigenvalue weighted by molar-refractivity contribution is 0.380. The van der Waals surface area contributed by atoms with Gasteiger partial charge in [0.05, 0.1) is 11.4 Å². The number of rotatable bonds is 4. The topological polar surface area (TPSA) is 38.0 Å². The van der Waals surface area contributed by atoms with Crippen LogP contribution >= 0.6 is 11.8 Å². The molecule has 1 saturated carbocycles. The second-order valence-electron chi connectivity index (χ2n) is 4.68. The predicted octanol–water partition coefficient (Wildman–Crippen LogP) is 3.27. The summed E-state index contributed by atoms with van der Waals surface area (Å²) in [5.74, 6) is 0. The van der Waals surface area contributed by atoms with E-state index in [4.69, 9.17) is 5.73 Å². The van der Waals surface area contributed by atoms with E-state index in [-0.39, 0.29) is 0 Å². The van der Waals surface area contributed by atoms with Crippen LogP contribution in [-0.2, 0) is 0 Å². The fraction of sp³-hybridized carbons (Fsp3) is 0.538. The van der Waals surface area contributed by atoms with Crippen molar-refractivity contribution in [2.24, 2.45) is 0 Å². The Morgan fingerprint density at radius 1 is 1.44 bits per heavy atom. The van der Waals surface area contributed by atoms with E-state index in [1.54, 1.807) is 0 Å². The molecule has 0 unspecified atom stereocenters. The summed E-state index contributed by atoms with van der Waals surface area (Å²) in [5, 5.41) is 3.49. The van der Waals surface area contributed by atoms with Crippen molar-refractivity contribution >= 4 is 23.1 Å². The number of benzene rings is 1. The third-order valence-electron chi connectivity index (χ3n) is 3.51. The van der Waals surface area contributed by atoms with Crippen LogP contribution in [0.2, 0.25) is 0 Å². The SMILES string of the molecule is CSC1(CNc2ccc(C)cc2N)CCC1. The maximum absolute atomic E-state index is 5.98. The van der Waals surface area contributed by atoms with Gasteiger partial charge in [0.15, 0.2) is 0 Å². The largest absolute Gasteiger partial charge is 0.397 e. The molecule has 0 heterocycles. The quantitative estimate of drug-likeness (QED) is 0.788. The molecule has 1 aliphatic rings. The molecule has 0 bridgehead atoms. The van der Waals surface area contributed by atoms with E-state index in [9.17, 15) is 0 Å². The zero-order valence-electron chi connectivity index (χ0n) is 10.0. The summed E-state index contributed by atoms with van der Waals surface area (Å²) in [5.41, 5.74) is 9.13. The number of thioether (sulfide) groups is 1. The van der Waals surface area contributed by atoms with Crippen LogP contribution in [0.1, 0.15) is 24.8 Å². The molecule has 3 heteroatoms. The second-order valence-corrected chi connectivity index (χ2v) is 5.96. The van der Waals surface area contributed by atoms with Gasteiger partial charge >= 0.3 is 0 Å². The van der Waals surface area contributed by atoms with Gasteiger partial charge in [0, 0.05) is 11.3 Å². The standard InChI is InChI=1S/C13H20N2S/c1-10-4-5-12(11(14)8-10)15-9-13(16-2)6-3-7-13/h4-5,8,15H,3,6-7,9,14H2,1-2H3. The van der Waals surface area contributed by atoms with E-state index in [1.807, 2.05) is 17.8 Å². The average molecular weight is 236 g/mol. The highest BCUT2D eigenvalue weighted by molar-refractivity contribution is 8.00. The van der Waals surface area contributed by atoms with Crippen LogP contribution in [0, 0.1) is 6.92 Å². The van der Waals surface area contributed by atoms with Gasteiger partial charge < -0.3 is 11.1 Å². The lowest BCUT2D eigenvalue weighted by Gasteiger charge is -2.40. The van der Waals surface area contributed by atoms with Crippen LogP contribution in [-0.4, -0.2) is 17.5 Å². The monoisotopic (exact) mass is 236 g/mol. The number of hydrogen-bond donors (Lipinski definition) is 2. The minimum Gasteiger partial charge on any atom is -0.397 e. The zero-order chi connectivity index (χ0) is 11.6. The Kier molecular flexibility index (Phi) is 3.33. The first-order chi connectivity index (χ1) is 7.65. The van der Waals surface area contributed by atoms with Gasteiger partial charge in [-0.25, -0.2) is 0 Å². The lowest BCUT2D eigenvalue weighted by atomic mass is 9.84. The van der Waals surface area contributed by atoms with Gasteiger partial charge in [0.25, 0.3) is 0 Å². The number of aryl methyl sites for hydroxylation is 1. The van der Waals surface area contributed by atoms with E-state index >= 15 is 0 Å². The van der Waals surface area contributed by atoms with Crippen LogP contribution in [0.4, 0.5) is 11.4 Å². The Balaban J connectivity index is 1.99. The molecule has 1 aliphatic carbocycles. The van der Waals surface area contributed by atoms with Gasteiger partial charge in [-0.1, -0.05) is 12.5 Å². The summed E-state index contributed by atoms with van der Waals surface area (Å²) in [4.78, 5) is 0. The molecule has 0 atom stereocenters. The molecule has 1 aromatic rings. The van der Waals surface area contributed by atoms with Gasteiger partial charge in [-0.3, -0.25) is 0 Å². The smallest absolute Gasteiger partial charge is 0.0574 e. The Morgan fingerprint density at radius 2 is 2.19 bits per heavy atom. The lowest BCUT2D eigenvalue weighted by Crippen LogP contribution is -2.40. The molecular formula is C13H20N2S. The van der Waals surface area contributed by atoms with Crippen LogP contribution in [0.25, 0.3) is 0 Å². The van der Waals surface area contributed by atoms with Crippen molar-refractivity contribution in [2.75, 3.05) is 23.9 Å². The van der Waals surface area contributed by atoms with Crippen LogP contribution in [0.5, 0.6) is 0 Å². The minimum absolute atomic E-state index is 0.456. The van der Waals surface area contributed by atoms with Gasteiger partial charge in [-0.2, -0.15) is 11.8 Å². The average Bonchev–Trinajstić information content (AvgIpc) is 2.19. The first kappa shape index (κ1) is 11.6. The van der Waals surface area contributed by atoms with Crippen molar-refractivity contribution in [1.29, 1.82) is 0 Å². The molecule has 2 rings (SSSR count). The predicted molar refractivity (Wildman–Crippen MR) is 74.2 cm³/mol. The highest BCUT2D eigenvalue weighted by atomic mass is 32.2. The fourth-order valence-electron chi connectivity index (χ4n) is 2.12. The molecule has 1 aromatic carbocycles. The number of nitrogen functional groups attached to an aromatic ring is 1. The molecule has 16 heavy (non-hydrogen) atoms. The molecule has 0 aromatic heterocycles. The van der Waals surface area contributed by atoms with Crippen molar-refractivity contribution in [3.8, 4) is 0 Å². The summed E-state index contributed by atoms with van der Waals surface area (Å²) in [7, 11) is 0. The maximum atomic E-state index is 5.98. The highest BCUT2D eigenvalue weighted by Gasteiger charge is 2.35. The number of anilines is 2. The van der Waals surface area contributed by atoms with Crippen molar-refractivity contribution in [1.82, 2.24) is 0 Å². The Labute approximate surface area is 102 Å². The molecule has 3 N–H and O–H groups in total. The normalized spacial score (nSPS) is 17.9. The Bertz CT molecular complexity index is 367. The molecule has 0 amide bonds. The van der Waals surface area contributed by atoms with Crippen molar-refractivity contribution in [3.05, 3.63) is 23.8 Å². The van der Waals surface area contributed by atoms with Gasteiger partial charge in [-0.15, -0.1) is 0 Å². The molecular weight excluding hydrogens is 216 g/mol. The summed E-state index contributed by atoms with van der Waals surface area (Å²) >= 11 is 1.98. The van der Waals surface area contributed by atoms with E-state index < -0.39 is 0 Å². The maximum Gasteiger partial charge on any atom is 0.0574 e. The number of hydrogen-bond acceptors (Lipinski definition) is 3. The van der Waals surface area contributed by atoms with E-state index in [1.165, 1.54) is 24.8 Å².